The third-order valence-electron chi connectivity index (χ3n) is 2.62. The van der Waals surface area contributed by atoms with Crippen LogP contribution in [-0.4, -0.2) is 37.9 Å². The van der Waals surface area contributed by atoms with E-state index in [0.29, 0.717) is 5.56 Å². The van der Waals surface area contributed by atoms with Crippen LogP contribution in [0.4, 0.5) is 26.3 Å². The van der Waals surface area contributed by atoms with E-state index in [9.17, 15) is 35.9 Å². The van der Waals surface area contributed by atoms with Crippen LogP contribution in [0, 0.1) is 0 Å². The molecule has 0 radical (unpaired) electrons. The summed E-state index contributed by atoms with van der Waals surface area (Å²) >= 11 is 0. The summed E-state index contributed by atoms with van der Waals surface area (Å²) in [5.74, 6) is -5.26. The van der Waals surface area contributed by atoms with Crippen LogP contribution in [0.15, 0.2) is 18.2 Å². The minimum Gasteiger partial charge on any atom is -0.493 e. The molecule has 0 spiro atoms. The van der Waals surface area contributed by atoms with Crippen LogP contribution in [0.2, 0.25) is 0 Å². The van der Waals surface area contributed by atoms with Crippen LogP contribution in [0.3, 0.4) is 0 Å². The lowest BCUT2D eigenvalue weighted by atomic mass is 10.1. The molecule has 134 valence electrons. The van der Waals surface area contributed by atoms with Gasteiger partial charge in [-0.25, -0.2) is 4.79 Å². The lowest BCUT2D eigenvalue weighted by Gasteiger charge is -2.12. The van der Waals surface area contributed by atoms with Crippen molar-refractivity contribution in [1.29, 1.82) is 0 Å². The smallest absolute Gasteiger partial charge is 0.491 e. The highest BCUT2D eigenvalue weighted by Gasteiger charge is 2.42. The molecule has 0 fully saturated rings. The molecule has 0 saturated heterocycles. The summed E-state index contributed by atoms with van der Waals surface area (Å²) in [6.07, 6.45) is -10.2. The second kappa shape index (κ2) is 7.41. The van der Waals surface area contributed by atoms with Gasteiger partial charge in [-0.2, -0.15) is 26.3 Å². The fourth-order valence-corrected chi connectivity index (χ4v) is 1.53. The number of alkyl halides is 6. The maximum atomic E-state index is 12.1. The van der Waals surface area contributed by atoms with Gasteiger partial charge in [0.05, 0.1) is 7.11 Å². The zero-order chi connectivity index (χ0) is 18.5. The minimum absolute atomic E-state index is 0.0499. The number of benzene rings is 1. The molecule has 0 unspecified atom stereocenters. The molecule has 11 heteroatoms. The molecule has 0 aromatic heterocycles. The van der Waals surface area contributed by atoms with E-state index < -0.39 is 30.0 Å². The van der Waals surface area contributed by atoms with Crippen molar-refractivity contribution in [3.63, 3.8) is 0 Å². The van der Waals surface area contributed by atoms with E-state index in [-0.39, 0.29) is 18.7 Å². The number of rotatable bonds is 5. The summed E-state index contributed by atoms with van der Waals surface area (Å²) in [6, 6.07) is 3.41. The van der Waals surface area contributed by atoms with Gasteiger partial charge >= 0.3 is 24.2 Å². The molecule has 0 atom stereocenters. The quantitative estimate of drug-likeness (QED) is 0.498. The number of carbonyl (C=O) groups excluding carboxylic acids is 2. The third-order valence-corrected chi connectivity index (χ3v) is 2.62. The number of amides is 1. The summed E-state index contributed by atoms with van der Waals surface area (Å²) in [4.78, 5) is 21.4. The number of ether oxygens (including phenoxy) is 2. The zero-order valence-electron chi connectivity index (χ0n) is 12.0. The number of hydrogen-bond donors (Lipinski definition) is 1. The molecule has 1 rings (SSSR count). The van der Waals surface area contributed by atoms with Gasteiger partial charge in [0.1, 0.15) is 0 Å². The van der Waals surface area contributed by atoms with Crippen LogP contribution in [-0.2, 0) is 16.0 Å². The molecule has 1 amide bonds. The lowest BCUT2D eigenvalue weighted by molar-refractivity contribution is -0.189. The largest absolute Gasteiger partial charge is 0.493 e. The van der Waals surface area contributed by atoms with E-state index in [2.05, 4.69) is 4.74 Å². The Morgan fingerprint density at radius 2 is 1.67 bits per heavy atom. The second-order valence-corrected chi connectivity index (χ2v) is 4.38. The van der Waals surface area contributed by atoms with E-state index in [0.717, 1.165) is 13.2 Å². The molecule has 0 aliphatic carbocycles. The highest BCUT2D eigenvalue weighted by Crippen LogP contribution is 2.30. The zero-order valence-corrected chi connectivity index (χ0v) is 12.0. The van der Waals surface area contributed by atoms with Crippen LogP contribution in [0.25, 0.3) is 0 Å². The lowest BCUT2D eigenvalue weighted by Crippen LogP contribution is -2.37. The fourth-order valence-electron chi connectivity index (χ4n) is 1.53. The van der Waals surface area contributed by atoms with Crippen molar-refractivity contribution < 1.29 is 45.4 Å². The van der Waals surface area contributed by atoms with Crippen molar-refractivity contribution >= 4 is 11.9 Å². The molecular formula is C13H11F6NO4. The van der Waals surface area contributed by atoms with E-state index in [1.807, 2.05) is 0 Å². The van der Waals surface area contributed by atoms with Gasteiger partial charge < -0.3 is 14.8 Å². The first-order valence-electron chi connectivity index (χ1n) is 6.26. The monoisotopic (exact) mass is 359 g/mol. The molecule has 1 aromatic rings. The Kier molecular flexibility index (Phi) is 6.04. The molecule has 0 aliphatic rings. The van der Waals surface area contributed by atoms with Gasteiger partial charge in [0.15, 0.2) is 11.5 Å². The Balaban J connectivity index is 2.73. The summed E-state index contributed by atoms with van der Waals surface area (Å²) in [7, 11) is 1.11. The number of esters is 1. The van der Waals surface area contributed by atoms with Crippen molar-refractivity contribution in [2.45, 2.75) is 18.8 Å². The van der Waals surface area contributed by atoms with Gasteiger partial charge in [-0.3, -0.25) is 4.79 Å². The predicted molar refractivity (Wildman–Crippen MR) is 67.5 cm³/mol. The molecule has 0 heterocycles. The number of hydrogen-bond acceptors (Lipinski definition) is 4. The van der Waals surface area contributed by atoms with Gasteiger partial charge in [0, 0.05) is 6.54 Å². The van der Waals surface area contributed by atoms with E-state index in [1.54, 1.807) is 5.32 Å². The fraction of sp³-hybridized carbons (Fsp3) is 0.385. The molecule has 5 nitrogen and oxygen atoms in total. The third kappa shape index (κ3) is 5.63. The molecule has 24 heavy (non-hydrogen) atoms. The Bertz CT molecular complexity index is 611. The highest BCUT2D eigenvalue weighted by molar-refractivity contribution is 5.81. The maximum Gasteiger partial charge on any atom is 0.491 e. The van der Waals surface area contributed by atoms with Gasteiger partial charge in [-0.1, -0.05) is 6.07 Å². The second-order valence-electron chi connectivity index (χ2n) is 4.38. The Morgan fingerprint density at radius 1 is 1.04 bits per heavy atom. The van der Waals surface area contributed by atoms with Gasteiger partial charge in [-0.05, 0) is 24.1 Å². The first-order chi connectivity index (χ1) is 10.9. The topological polar surface area (TPSA) is 64.6 Å². The number of halogens is 6. The molecular weight excluding hydrogens is 348 g/mol. The van der Waals surface area contributed by atoms with Crippen LogP contribution < -0.4 is 14.8 Å². The first-order valence-corrected chi connectivity index (χ1v) is 6.26. The number of nitrogens with one attached hydrogen (secondary N) is 1. The molecule has 0 bridgehead atoms. The molecule has 1 N–H and O–H groups in total. The number of methoxy groups -OCH3 is 1. The predicted octanol–water partition coefficient (Wildman–Crippen LogP) is 2.38. The summed E-state index contributed by atoms with van der Waals surface area (Å²) in [6.45, 7) is -0.358. The van der Waals surface area contributed by atoms with Crippen molar-refractivity contribution in [1.82, 2.24) is 5.32 Å². The molecule has 0 aliphatic heterocycles. The summed E-state index contributed by atoms with van der Waals surface area (Å²) in [5.41, 5.74) is 0.348. The van der Waals surface area contributed by atoms with Crippen molar-refractivity contribution in [2.75, 3.05) is 13.7 Å². The summed E-state index contributed by atoms with van der Waals surface area (Å²) < 4.78 is 81.3. The first kappa shape index (κ1) is 19.6. The Morgan fingerprint density at radius 3 is 2.17 bits per heavy atom. The van der Waals surface area contributed by atoms with E-state index in [4.69, 9.17) is 4.74 Å². The Labute approximate surface area is 131 Å². The summed E-state index contributed by atoms with van der Waals surface area (Å²) in [5, 5.41) is 1.64. The van der Waals surface area contributed by atoms with Gasteiger partial charge in [0.25, 0.3) is 0 Å². The van der Waals surface area contributed by atoms with Gasteiger partial charge in [0.2, 0.25) is 0 Å². The van der Waals surface area contributed by atoms with Crippen molar-refractivity contribution in [3.05, 3.63) is 23.8 Å². The average Bonchev–Trinajstić information content (AvgIpc) is 2.46. The number of carbonyl (C=O) groups is 2. The molecule has 0 saturated carbocycles. The van der Waals surface area contributed by atoms with Crippen molar-refractivity contribution in [2.24, 2.45) is 0 Å². The van der Waals surface area contributed by atoms with E-state index in [1.165, 1.54) is 12.1 Å². The molecule has 1 aromatic carbocycles. The SMILES string of the molecule is COc1cc(CCNC(=O)C(F)(F)F)ccc1OC(=O)C(F)(F)F. The van der Waals surface area contributed by atoms with Crippen molar-refractivity contribution in [3.8, 4) is 11.5 Å². The maximum absolute atomic E-state index is 12.1. The highest BCUT2D eigenvalue weighted by atomic mass is 19.4. The van der Waals surface area contributed by atoms with Crippen LogP contribution >= 0.6 is 0 Å². The van der Waals surface area contributed by atoms with E-state index >= 15 is 0 Å². The minimum atomic E-state index is -5.19. The van der Waals surface area contributed by atoms with Gasteiger partial charge in [-0.15, -0.1) is 0 Å². The van der Waals surface area contributed by atoms with Crippen LogP contribution in [0.5, 0.6) is 11.5 Å². The standard InChI is InChI=1S/C13H11F6NO4/c1-23-9-6-7(4-5-20-10(21)12(14,15)16)2-3-8(9)24-11(22)13(17,18)19/h2-3,6H,4-5H2,1H3,(H,20,21). The Hall–Kier alpha value is -2.46. The van der Waals surface area contributed by atoms with Crippen LogP contribution in [0.1, 0.15) is 5.56 Å². The average molecular weight is 359 g/mol. The normalized spacial score (nSPS) is 11.8.